The minimum Gasteiger partial charge on any atom is -0.495 e. The van der Waals surface area contributed by atoms with E-state index < -0.39 is 0 Å². The highest BCUT2D eigenvalue weighted by Crippen LogP contribution is 2.27. The molecule has 110 valence electrons. The van der Waals surface area contributed by atoms with Crippen molar-refractivity contribution in [2.24, 2.45) is 0 Å². The first kappa shape index (κ1) is 14.9. The number of benzene rings is 2. The van der Waals surface area contributed by atoms with E-state index >= 15 is 0 Å². The maximum absolute atomic E-state index is 12.4. The van der Waals surface area contributed by atoms with Crippen molar-refractivity contribution in [3.05, 3.63) is 53.6 Å². The van der Waals surface area contributed by atoms with Crippen molar-refractivity contribution in [2.45, 2.75) is 13.8 Å². The molecule has 4 heteroatoms. The summed E-state index contributed by atoms with van der Waals surface area (Å²) < 4.78 is 10.8. The van der Waals surface area contributed by atoms with Crippen LogP contribution in [0.4, 0.5) is 5.69 Å². The lowest BCUT2D eigenvalue weighted by atomic mass is 10.1. The van der Waals surface area contributed by atoms with Gasteiger partial charge in [-0.25, -0.2) is 0 Å². The standard InChI is InChI=1S/C17H19NO3/c1-4-21-15-8-6-5-7-13(15)17(19)18-14-11-12(2)9-10-16(14)20-3/h5-11H,4H2,1-3H3,(H,18,19). The Morgan fingerprint density at radius 2 is 1.90 bits per heavy atom. The first-order valence-electron chi connectivity index (χ1n) is 6.83. The molecule has 0 spiro atoms. The molecule has 0 unspecified atom stereocenters. The van der Waals surface area contributed by atoms with E-state index in [9.17, 15) is 4.79 Å². The van der Waals surface area contributed by atoms with E-state index in [1.165, 1.54) is 0 Å². The summed E-state index contributed by atoms with van der Waals surface area (Å²) >= 11 is 0. The highest BCUT2D eigenvalue weighted by Gasteiger charge is 2.14. The Balaban J connectivity index is 2.28. The first-order valence-corrected chi connectivity index (χ1v) is 6.83. The maximum atomic E-state index is 12.4. The second kappa shape index (κ2) is 6.79. The molecule has 21 heavy (non-hydrogen) atoms. The third-order valence-electron chi connectivity index (χ3n) is 3.03. The number of amides is 1. The molecule has 0 atom stereocenters. The zero-order valence-corrected chi connectivity index (χ0v) is 12.5. The fourth-order valence-corrected chi connectivity index (χ4v) is 2.04. The van der Waals surface area contributed by atoms with Crippen LogP contribution in [0.25, 0.3) is 0 Å². The van der Waals surface area contributed by atoms with Gasteiger partial charge in [0.15, 0.2) is 0 Å². The van der Waals surface area contributed by atoms with Crippen LogP contribution >= 0.6 is 0 Å². The topological polar surface area (TPSA) is 47.6 Å². The van der Waals surface area contributed by atoms with E-state index in [-0.39, 0.29) is 5.91 Å². The van der Waals surface area contributed by atoms with Crippen molar-refractivity contribution in [1.82, 2.24) is 0 Å². The third kappa shape index (κ3) is 3.54. The molecule has 2 aromatic carbocycles. The Kier molecular flexibility index (Phi) is 4.82. The Labute approximate surface area is 124 Å². The molecule has 0 saturated carbocycles. The Morgan fingerprint density at radius 1 is 1.14 bits per heavy atom. The maximum Gasteiger partial charge on any atom is 0.259 e. The summed E-state index contributed by atoms with van der Waals surface area (Å²) in [5.74, 6) is 0.981. The predicted octanol–water partition coefficient (Wildman–Crippen LogP) is 3.65. The summed E-state index contributed by atoms with van der Waals surface area (Å²) in [6, 6.07) is 12.8. The smallest absolute Gasteiger partial charge is 0.259 e. The predicted molar refractivity (Wildman–Crippen MR) is 83.3 cm³/mol. The quantitative estimate of drug-likeness (QED) is 0.912. The van der Waals surface area contributed by atoms with Crippen LogP contribution < -0.4 is 14.8 Å². The molecule has 4 nitrogen and oxygen atoms in total. The molecule has 0 aliphatic heterocycles. The van der Waals surface area contributed by atoms with Gasteiger partial charge in [-0.05, 0) is 43.7 Å². The number of nitrogens with one attached hydrogen (secondary N) is 1. The molecule has 1 N–H and O–H groups in total. The summed E-state index contributed by atoms with van der Waals surface area (Å²) in [4.78, 5) is 12.4. The molecule has 1 amide bonds. The molecular formula is C17H19NO3. The van der Waals surface area contributed by atoms with Crippen LogP contribution in [0.1, 0.15) is 22.8 Å². The molecular weight excluding hydrogens is 266 g/mol. The minimum absolute atomic E-state index is 0.219. The van der Waals surface area contributed by atoms with Crippen molar-refractivity contribution in [1.29, 1.82) is 0 Å². The normalized spacial score (nSPS) is 10.0. The number of hydrogen-bond donors (Lipinski definition) is 1. The van der Waals surface area contributed by atoms with Crippen LogP contribution in [0.3, 0.4) is 0 Å². The lowest BCUT2D eigenvalue weighted by Crippen LogP contribution is -2.14. The van der Waals surface area contributed by atoms with E-state index in [1.54, 1.807) is 19.2 Å². The highest BCUT2D eigenvalue weighted by atomic mass is 16.5. The zero-order chi connectivity index (χ0) is 15.2. The number of rotatable bonds is 5. The van der Waals surface area contributed by atoms with Crippen molar-refractivity contribution < 1.29 is 14.3 Å². The Bertz CT molecular complexity index is 638. The van der Waals surface area contributed by atoms with Gasteiger partial charge in [0, 0.05) is 0 Å². The van der Waals surface area contributed by atoms with Crippen LogP contribution in [0.2, 0.25) is 0 Å². The number of methoxy groups -OCH3 is 1. The second-order valence-corrected chi connectivity index (χ2v) is 4.59. The molecule has 0 bridgehead atoms. The van der Waals surface area contributed by atoms with Gasteiger partial charge < -0.3 is 14.8 Å². The van der Waals surface area contributed by atoms with Crippen LogP contribution in [0.15, 0.2) is 42.5 Å². The summed E-state index contributed by atoms with van der Waals surface area (Å²) in [6.07, 6.45) is 0. The summed E-state index contributed by atoms with van der Waals surface area (Å²) in [5, 5.41) is 2.87. The van der Waals surface area contributed by atoms with Gasteiger partial charge in [-0.15, -0.1) is 0 Å². The van der Waals surface area contributed by atoms with Crippen LogP contribution in [0, 0.1) is 6.92 Å². The number of hydrogen-bond acceptors (Lipinski definition) is 3. The number of carbonyl (C=O) groups is 1. The summed E-state index contributed by atoms with van der Waals surface area (Å²) in [6.45, 7) is 4.36. The van der Waals surface area contributed by atoms with Gasteiger partial charge in [0.2, 0.25) is 0 Å². The Morgan fingerprint density at radius 3 is 2.62 bits per heavy atom. The lowest BCUT2D eigenvalue weighted by Gasteiger charge is -2.13. The second-order valence-electron chi connectivity index (χ2n) is 4.59. The molecule has 0 aliphatic rings. The van der Waals surface area contributed by atoms with Gasteiger partial charge in [0.25, 0.3) is 5.91 Å². The van der Waals surface area contributed by atoms with Gasteiger partial charge in [-0.3, -0.25) is 4.79 Å². The van der Waals surface area contributed by atoms with E-state index in [0.29, 0.717) is 29.4 Å². The molecule has 0 saturated heterocycles. The van der Waals surface area contributed by atoms with Crippen LogP contribution in [-0.4, -0.2) is 19.6 Å². The van der Waals surface area contributed by atoms with Gasteiger partial charge in [0.1, 0.15) is 11.5 Å². The van der Waals surface area contributed by atoms with Gasteiger partial charge in [-0.1, -0.05) is 18.2 Å². The van der Waals surface area contributed by atoms with Crippen molar-refractivity contribution in [2.75, 3.05) is 19.0 Å². The average Bonchev–Trinajstić information content (AvgIpc) is 2.48. The molecule has 0 heterocycles. The van der Waals surface area contributed by atoms with Gasteiger partial charge in [-0.2, -0.15) is 0 Å². The van der Waals surface area contributed by atoms with Crippen molar-refractivity contribution in [3.8, 4) is 11.5 Å². The largest absolute Gasteiger partial charge is 0.495 e. The fourth-order valence-electron chi connectivity index (χ4n) is 2.04. The summed E-state index contributed by atoms with van der Waals surface area (Å²) in [5.41, 5.74) is 2.20. The number of para-hydroxylation sites is 1. The molecule has 0 aliphatic carbocycles. The fraction of sp³-hybridized carbons (Fsp3) is 0.235. The van der Waals surface area contributed by atoms with Crippen LogP contribution in [-0.2, 0) is 0 Å². The van der Waals surface area contributed by atoms with E-state index in [4.69, 9.17) is 9.47 Å². The van der Waals surface area contributed by atoms with Crippen molar-refractivity contribution >= 4 is 11.6 Å². The number of aryl methyl sites for hydroxylation is 1. The lowest BCUT2D eigenvalue weighted by molar-refractivity contribution is 0.102. The van der Waals surface area contributed by atoms with Gasteiger partial charge in [0.05, 0.1) is 25.0 Å². The van der Waals surface area contributed by atoms with Crippen molar-refractivity contribution in [3.63, 3.8) is 0 Å². The number of anilines is 1. The first-order chi connectivity index (χ1) is 10.2. The number of ether oxygens (including phenoxy) is 2. The Hall–Kier alpha value is -2.49. The minimum atomic E-state index is -0.219. The molecule has 0 radical (unpaired) electrons. The van der Waals surface area contributed by atoms with Crippen LogP contribution in [0.5, 0.6) is 11.5 Å². The average molecular weight is 285 g/mol. The third-order valence-corrected chi connectivity index (χ3v) is 3.03. The molecule has 2 aromatic rings. The number of carbonyl (C=O) groups excluding carboxylic acids is 1. The zero-order valence-electron chi connectivity index (χ0n) is 12.5. The monoisotopic (exact) mass is 285 g/mol. The van der Waals surface area contributed by atoms with E-state index in [1.807, 2.05) is 44.2 Å². The summed E-state index contributed by atoms with van der Waals surface area (Å²) in [7, 11) is 1.58. The molecule has 0 fully saturated rings. The SMILES string of the molecule is CCOc1ccccc1C(=O)Nc1cc(C)ccc1OC. The van der Waals surface area contributed by atoms with E-state index in [0.717, 1.165) is 5.56 Å². The highest BCUT2D eigenvalue weighted by molar-refractivity contribution is 6.06. The van der Waals surface area contributed by atoms with E-state index in [2.05, 4.69) is 5.32 Å². The van der Waals surface area contributed by atoms with Gasteiger partial charge >= 0.3 is 0 Å². The molecule has 0 aromatic heterocycles. The molecule has 2 rings (SSSR count).